The van der Waals surface area contributed by atoms with E-state index in [1.54, 1.807) is 0 Å². The highest BCUT2D eigenvalue weighted by atomic mass is 32.2. The molecule has 2 amide bonds. The summed E-state index contributed by atoms with van der Waals surface area (Å²) in [5, 5.41) is 13.3. The van der Waals surface area contributed by atoms with Crippen LogP contribution in [-0.2, 0) is 15.6 Å². The number of hydrogen-bond acceptors (Lipinski definition) is 3. The number of carboxylic acids is 1. The van der Waals surface area contributed by atoms with Crippen molar-refractivity contribution in [2.24, 2.45) is 0 Å². The number of amides is 2. The molecular formula is C9H14N2O4S. The van der Waals surface area contributed by atoms with Crippen LogP contribution in [0.5, 0.6) is 0 Å². The number of carboxylic acid groups (broad SMARTS) is 1. The molecular weight excluding hydrogens is 232 g/mol. The molecule has 0 fully saturated rings. The van der Waals surface area contributed by atoms with E-state index in [1.807, 2.05) is 0 Å². The molecule has 2 atom stereocenters. The molecule has 16 heavy (non-hydrogen) atoms. The summed E-state index contributed by atoms with van der Waals surface area (Å²) in [6.07, 6.45) is 6.39. The number of urea groups is 1. The highest BCUT2D eigenvalue weighted by Gasteiger charge is 2.18. The molecule has 0 aromatic rings. The Kier molecular flexibility index (Phi) is 6.96. The minimum atomic E-state index is -1.19. The number of carbonyl (C=O) groups is 2. The second kappa shape index (κ2) is 7.70. The zero-order valence-electron chi connectivity index (χ0n) is 8.86. The molecule has 0 saturated carbocycles. The smallest absolute Gasteiger partial charge is 0.327 e. The largest absolute Gasteiger partial charge is 0.480 e. The van der Waals surface area contributed by atoms with Crippen molar-refractivity contribution in [3.63, 3.8) is 0 Å². The lowest BCUT2D eigenvalue weighted by molar-refractivity contribution is -0.139. The van der Waals surface area contributed by atoms with Crippen molar-refractivity contribution in [2.75, 3.05) is 18.6 Å². The summed E-state index contributed by atoms with van der Waals surface area (Å²) in [7, 11) is -0.998. The molecule has 0 aromatic heterocycles. The van der Waals surface area contributed by atoms with Crippen LogP contribution >= 0.6 is 0 Å². The predicted molar refractivity (Wildman–Crippen MR) is 60.3 cm³/mol. The van der Waals surface area contributed by atoms with E-state index >= 15 is 0 Å². The van der Waals surface area contributed by atoms with Crippen molar-refractivity contribution in [3.05, 3.63) is 0 Å². The Morgan fingerprint density at radius 3 is 2.62 bits per heavy atom. The second-order valence-corrected chi connectivity index (χ2v) is 4.53. The molecule has 0 radical (unpaired) electrons. The molecule has 3 N–H and O–H groups in total. The highest BCUT2D eigenvalue weighted by molar-refractivity contribution is 7.84. The number of carbonyl (C=O) groups excluding carboxylic acids is 1. The fraction of sp³-hybridized carbons (Fsp3) is 0.556. The first kappa shape index (κ1) is 14.5. The Morgan fingerprint density at radius 2 is 2.19 bits per heavy atom. The third-order valence-electron chi connectivity index (χ3n) is 1.60. The number of hydrogen-bond donors (Lipinski definition) is 3. The maximum atomic E-state index is 11.2. The molecule has 7 heteroatoms. The Bertz CT molecular complexity index is 324. The van der Waals surface area contributed by atoms with E-state index in [1.165, 1.54) is 6.26 Å². The van der Waals surface area contributed by atoms with Gasteiger partial charge < -0.3 is 15.7 Å². The first-order valence-corrected chi connectivity index (χ1v) is 6.20. The summed E-state index contributed by atoms with van der Waals surface area (Å²) in [5.74, 6) is 1.29. The van der Waals surface area contributed by atoms with E-state index in [0.29, 0.717) is 5.75 Å². The summed E-state index contributed by atoms with van der Waals surface area (Å²) >= 11 is 0. The second-order valence-electron chi connectivity index (χ2n) is 2.98. The van der Waals surface area contributed by atoms with Gasteiger partial charge >= 0.3 is 12.0 Å². The van der Waals surface area contributed by atoms with Crippen LogP contribution < -0.4 is 10.6 Å². The summed E-state index contributed by atoms with van der Waals surface area (Å²) in [6.45, 7) is 0.220. The maximum Gasteiger partial charge on any atom is 0.327 e. The number of rotatable bonds is 6. The van der Waals surface area contributed by atoms with E-state index in [9.17, 15) is 13.8 Å². The molecule has 0 aliphatic heterocycles. The standard InChI is InChI=1S/C9H14N2O4S/c1-3-4-7(8(12)13)11-9(14)10-5-6-16(2)15/h1,7H,4-6H2,2H3,(H,12,13)(H2,10,11,14). The molecule has 90 valence electrons. The average Bonchev–Trinajstić information content (AvgIpc) is 2.16. The minimum absolute atomic E-state index is 0.0809. The summed E-state index contributed by atoms with van der Waals surface area (Å²) in [4.78, 5) is 21.8. The molecule has 0 saturated heterocycles. The van der Waals surface area contributed by atoms with Gasteiger partial charge in [0.25, 0.3) is 0 Å². The van der Waals surface area contributed by atoms with E-state index in [0.717, 1.165) is 0 Å². The number of terminal acetylenes is 1. The van der Waals surface area contributed by atoms with Gasteiger partial charge in [-0.3, -0.25) is 4.21 Å². The SMILES string of the molecule is C#CCC(NC(=O)NCCS(C)=O)C(=O)O. The zero-order valence-corrected chi connectivity index (χ0v) is 9.67. The maximum absolute atomic E-state index is 11.2. The van der Waals surface area contributed by atoms with Crippen molar-refractivity contribution < 1.29 is 18.9 Å². The first-order valence-electron chi connectivity index (χ1n) is 4.48. The van der Waals surface area contributed by atoms with Crippen molar-refractivity contribution in [2.45, 2.75) is 12.5 Å². The van der Waals surface area contributed by atoms with Gasteiger partial charge in [0.2, 0.25) is 0 Å². The first-order chi connectivity index (χ1) is 7.47. The van der Waals surface area contributed by atoms with Crippen molar-refractivity contribution in [3.8, 4) is 12.3 Å². The van der Waals surface area contributed by atoms with Crippen LogP contribution in [-0.4, -0.2) is 45.9 Å². The molecule has 0 aliphatic rings. The van der Waals surface area contributed by atoms with Crippen molar-refractivity contribution in [1.29, 1.82) is 0 Å². The fourth-order valence-electron chi connectivity index (χ4n) is 0.835. The Morgan fingerprint density at radius 1 is 1.56 bits per heavy atom. The van der Waals surface area contributed by atoms with Gasteiger partial charge in [-0.1, -0.05) is 0 Å². The molecule has 0 spiro atoms. The van der Waals surface area contributed by atoms with Gasteiger partial charge in [0, 0.05) is 35.8 Å². The molecule has 2 unspecified atom stereocenters. The van der Waals surface area contributed by atoms with Crippen LogP contribution in [0.25, 0.3) is 0 Å². The van der Waals surface area contributed by atoms with E-state index in [4.69, 9.17) is 11.5 Å². The number of aliphatic carboxylic acids is 1. The van der Waals surface area contributed by atoms with Crippen LogP contribution in [0.1, 0.15) is 6.42 Å². The van der Waals surface area contributed by atoms with Gasteiger partial charge in [0.05, 0.1) is 0 Å². The summed E-state index contributed by atoms with van der Waals surface area (Å²) < 4.78 is 10.7. The average molecular weight is 246 g/mol. The van der Waals surface area contributed by atoms with Gasteiger partial charge in [-0.25, -0.2) is 9.59 Å². The Labute approximate surface area is 96.2 Å². The fourth-order valence-corrected chi connectivity index (χ4v) is 1.23. The Hall–Kier alpha value is -1.55. The highest BCUT2D eigenvalue weighted by Crippen LogP contribution is 1.90. The van der Waals surface area contributed by atoms with Gasteiger partial charge in [-0.2, -0.15) is 0 Å². The van der Waals surface area contributed by atoms with Gasteiger partial charge in [0.1, 0.15) is 6.04 Å². The minimum Gasteiger partial charge on any atom is -0.480 e. The van der Waals surface area contributed by atoms with E-state index in [-0.39, 0.29) is 13.0 Å². The molecule has 6 nitrogen and oxygen atoms in total. The lowest BCUT2D eigenvalue weighted by atomic mass is 10.2. The quantitative estimate of drug-likeness (QED) is 0.531. The predicted octanol–water partition coefficient (Wildman–Crippen LogP) is -0.859. The van der Waals surface area contributed by atoms with Crippen molar-refractivity contribution in [1.82, 2.24) is 10.6 Å². The van der Waals surface area contributed by atoms with E-state index < -0.39 is 28.8 Å². The normalized spacial score (nSPS) is 13.2. The topological polar surface area (TPSA) is 95.5 Å². The van der Waals surface area contributed by atoms with Crippen LogP contribution in [0.15, 0.2) is 0 Å². The van der Waals surface area contributed by atoms with Gasteiger partial charge in [-0.05, 0) is 0 Å². The Balaban J connectivity index is 3.96. The molecule has 0 rings (SSSR count). The monoisotopic (exact) mass is 246 g/mol. The third-order valence-corrected chi connectivity index (χ3v) is 2.38. The third kappa shape index (κ3) is 6.84. The molecule has 0 heterocycles. The van der Waals surface area contributed by atoms with Crippen LogP contribution in [0.3, 0.4) is 0 Å². The van der Waals surface area contributed by atoms with E-state index in [2.05, 4.69) is 16.6 Å². The lowest BCUT2D eigenvalue weighted by Crippen LogP contribution is -2.46. The summed E-state index contributed by atoms with van der Waals surface area (Å²) in [6, 6.07) is -1.73. The lowest BCUT2D eigenvalue weighted by Gasteiger charge is -2.12. The molecule has 0 bridgehead atoms. The van der Waals surface area contributed by atoms with Crippen molar-refractivity contribution >= 4 is 22.8 Å². The van der Waals surface area contributed by atoms with Crippen LogP contribution in [0.2, 0.25) is 0 Å². The number of nitrogens with one attached hydrogen (secondary N) is 2. The molecule has 0 aliphatic carbocycles. The zero-order chi connectivity index (χ0) is 12.6. The molecule has 0 aromatic carbocycles. The van der Waals surface area contributed by atoms with Gasteiger partial charge in [-0.15, -0.1) is 12.3 Å². The van der Waals surface area contributed by atoms with Gasteiger partial charge in [0.15, 0.2) is 0 Å². The van der Waals surface area contributed by atoms with Crippen LogP contribution in [0, 0.1) is 12.3 Å². The van der Waals surface area contributed by atoms with Crippen LogP contribution in [0.4, 0.5) is 4.79 Å². The summed E-state index contributed by atoms with van der Waals surface area (Å²) in [5.41, 5.74) is 0.